The second-order valence-electron chi connectivity index (χ2n) is 7.96. The molecule has 0 aliphatic rings. The molecule has 3 rings (SSSR count). The molecule has 0 aliphatic carbocycles. The van der Waals surface area contributed by atoms with Gasteiger partial charge in [-0.05, 0) is 42.8 Å². The van der Waals surface area contributed by atoms with Gasteiger partial charge in [-0.25, -0.2) is 9.48 Å². The van der Waals surface area contributed by atoms with Crippen LogP contribution < -0.4 is 11.0 Å². The Hall–Kier alpha value is -2.86. The first-order valence-electron chi connectivity index (χ1n) is 10.2. The Labute approximate surface area is 207 Å². The molecule has 0 aliphatic heterocycles. The van der Waals surface area contributed by atoms with Gasteiger partial charge in [0, 0.05) is 15.6 Å². The lowest BCUT2D eigenvalue weighted by Crippen LogP contribution is -2.48. The molecule has 2 aromatic carbocycles. The van der Waals surface area contributed by atoms with Gasteiger partial charge in [-0.15, -0.1) is 5.10 Å². The van der Waals surface area contributed by atoms with Crippen molar-refractivity contribution in [1.82, 2.24) is 19.7 Å². The first-order chi connectivity index (χ1) is 16.4. The minimum atomic E-state index is -4.98. The molecule has 8 nitrogen and oxygen atoms in total. The van der Waals surface area contributed by atoms with E-state index in [9.17, 15) is 33.0 Å². The second kappa shape index (κ2) is 10.4. The molecule has 0 radical (unpaired) electrons. The van der Waals surface area contributed by atoms with Gasteiger partial charge in [0.25, 0.3) is 0 Å². The molecular weight excluding hydrogens is 512 g/mol. The first-order valence-corrected chi connectivity index (χ1v) is 11.0. The predicted octanol–water partition coefficient (Wildman–Crippen LogP) is 2.97. The summed E-state index contributed by atoms with van der Waals surface area (Å²) in [6.45, 7) is -0.809. The lowest BCUT2D eigenvalue weighted by Gasteiger charge is -2.30. The van der Waals surface area contributed by atoms with Gasteiger partial charge in [0.05, 0.1) is 18.7 Å². The maximum atomic E-state index is 13.0. The van der Waals surface area contributed by atoms with Crippen molar-refractivity contribution in [3.05, 3.63) is 74.6 Å². The average molecular weight is 533 g/mol. The number of aliphatic hydroxyl groups excluding tert-OH is 2. The van der Waals surface area contributed by atoms with Crippen molar-refractivity contribution in [2.45, 2.75) is 37.8 Å². The van der Waals surface area contributed by atoms with Crippen LogP contribution in [0.15, 0.2) is 53.3 Å². The van der Waals surface area contributed by atoms with Crippen LogP contribution in [0.3, 0.4) is 0 Å². The number of hydrogen-bond acceptors (Lipinski definition) is 5. The van der Waals surface area contributed by atoms with E-state index in [4.69, 9.17) is 23.2 Å². The highest BCUT2D eigenvalue weighted by atomic mass is 35.5. The van der Waals surface area contributed by atoms with Gasteiger partial charge in [0.1, 0.15) is 6.54 Å². The zero-order chi connectivity index (χ0) is 26.0. The normalized spacial score (nSPS) is 14.4. The van der Waals surface area contributed by atoms with Gasteiger partial charge in [-0.2, -0.15) is 13.2 Å². The fourth-order valence-corrected chi connectivity index (χ4v) is 3.85. The first kappa shape index (κ1) is 26.7. The molecule has 1 heterocycles. The molecule has 2 atom stereocenters. The average Bonchev–Trinajstić information content (AvgIpc) is 3.08. The molecule has 13 heteroatoms. The molecule has 3 aromatic rings. The Morgan fingerprint density at radius 1 is 1.14 bits per heavy atom. The van der Waals surface area contributed by atoms with Crippen LogP contribution in [0.5, 0.6) is 0 Å². The number of rotatable bonds is 8. The number of carbonyl (C=O) groups excluding carboxylic acids is 1. The van der Waals surface area contributed by atoms with Gasteiger partial charge < -0.3 is 15.5 Å². The minimum Gasteiger partial charge on any atom is -0.394 e. The summed E-state index contributed by atoms with van der Waals surface area (Å²) in [6.07, 6.45) is -7.82. The molecule has 188 valence electrons. The van der Waals surface area contributed by atoms with E-state index in [1.54, 1.807) is 24.3 Å². The molecule has 1 aromatic heterocycles. The monoisotopic (exact) mass is 532 g/mol. The number of benzene rings is 2. The molecule has 0 bridgehead atoms. The highest BCUT2D eigenvalue weighted by molar-refractivity contribution is 6.31. The highest BCUT2D eigenvalue weighted by Crippen LogP contribution is 2.28. The van der Waals surface area contributed by atoms with E-state index < -0.39 is 49.1 Å². The van der Waals surface area contributed by atoms with Crippen molar-refractivity contribution in [2.75, 3.05) is 6.61 Å². The van der Waals surface area contributed by atoms with Crippen LogP contribution in [-0.2, 0) is 23.4 Å². The van der Waals surface area contributed by atoms with E-state index in [1.165, 1.54) is 31.2 Å². The fourth-order valence-electron chi connectivity index (χ4n) is 3.38. The lowest BCUT2D eigenvalue weighted by molar-refractivity contribution is -0.207. The molecule has 0 spiro atoms. The van der Waals surface area contributed by atoms with Crippen molar-refractivity contribution in [3.8, 4) is 11.4 Å². The van der Waals surface area contributed by atoms with Crippen LogP contribution in [0.25, 0.3) is 11.4 Å². The van der Waals surface area contributed by atoms with Gasteiger partial charge in [-0.3, -0.25) is 9.36 Å². The Balaban J connectivity index is 1.95. The number of nitrogens with one attached hydrogen (secondary N) is 1. The SMILES string of the molecule is C[C@@](CO)(NC(=O)Cn1nc(-c2ccc(Cl)cc2)n(C[C@H](O)C(F)(F)F)c1=O)c1ccccc1Cl. The standard InChI is InChI=1S/C22H21Cl2F3N4O4/c1-21(12-32,15-4-2-3-5-16(15)24)28-18(34)11-31-20(35)30(10-17(33)22(25,26)27)19(29-31)13-6-8-14(23)9-7-13/h2-9,17,32-33H,10-12H2,1H3,(H,28,34)/t17-,21-/m0/s1. The van der Waals surface area contributed by atoms with Gasteiger partial charge in [-0.1, -0.05) is 41.4 Å². The van der Waals surface area contributed by atoms with E-state index in [1.807, 2.05) is 0 Å². The van der Waals surface area contributed by atoms with Gasteiger partial charge >= 0.3 is 11.9 Å². The minimum absolute atomic E-state index is 0.196. The van der Waals surface area contributed by atoms with E-state index in [-0.39, 0.29) is 16.4 Å². The summed E-state index contributed by atoms with van der Waals surface area (Å²) in [5.41, 5.74) is -1.69. The number of carbonyl (C=O) groups is 1. The van der Waals surface area contributed by atoms with E-state index in [2.05, 4.69) is 10.4 Å². The smallest absolute Gasteiger partial charge is 0.394 e. The summed E-state index contributed by atoms with van der Waals surface area (Å²) < 4.78 is 40.2. The predicted molar refractivity (Wildman–Crippen MR) is 123 cm³/mol. The van der Waals surface area contributed by atoms with Crippen LogP contribution in [0.4, 0.5) is 13.2 Å². The highest BCUT2D eigenvalue weighted by Gasteiger charge is 2.39. The number of halogens is 5. The number of aliphatic hydroxyl groups is 2. The zero-order valence-corrected chi connectivity index (χ0v) is 19.8. The van der Waals surface area contributed by atoms with Crippen LogP contribution in [0.1, 0.15) is 12.5 Å². The summed E-state index contributed by atoms with van der Waals surface area (Å²) in [5.74, 6) is -0.953. The van der Waals surface area contributed by atoms with E-state index in [0.717, 1.165) is 0 Å². The Morgan fingerprint density at radius 2 is 1.77 bits per heavy atom. The van der Waals surface area contributed by atoms with Crippen molar-refractivity contribution in [2.24, 2.45) is 0 Å². The second-order valence-corrected chi connectivity index (χ2v) is 8.80. The third kappa shape index (κ3) is 6.04. The molecule has 0 fully saturated rings. The third-order valence-electron chi connectivity index (χ3n) is 5.25. The van der Waals surface area contributed by atoms with Crippen LogP contribution in [0.2, 0.25) is 10.0 Å². The maximum Gasteiger partial charge on any atom is 0.416 e. The summed E-state index contributed by atoms with van der Waals surface area (Å²) in [5, 5.41) is 26.7. The molecule has 35 heavy (non-hydrogen) atoms. The van der Waals surface area contributed by atoms with E-state index >= 15 is 0 Å². The lowest BCUT2D eigenvalue weighted by atomic mass is 9.92. The molecule has 0 saturated carbocycles. The summed E-state index contributed by atoms with van der Waals surface area (Å²) in [6, 6.07) is 12.3. The number of alkyl halides is 3. The van der Waals surface area contributed by atoms with E-state index in [0.29, 0.717) is 19.8 Å². The molecular formula is C22H21Cl2F3N4O4. The zero-order valence-electron chi connectivity index (χ0n) is 18.3. The molecule has 3 N–H and O–H groups in total. The van der Waals surface area contributed by atoms with Crippen LogP contribution >= 0.6 is 23.2 Å². The molecule has 0 unspecified atom stereocenters. The quantitative estimate of drug-likeness (QED) is 0.413. The number of hydrogen-bond donors (Lipinski definition) is 3. The molecule has 1 amide bonds. The van der Waals surface area contributed by atoms with Crippen molar-refractivity contribution in [1.29, 1.82) is 0 Å². The number of nitrogens with zero attached hydrogens (tertiary/aromatic N) is 3. The summed E-state index contributed by atoms with van der Waals surface area (Å²) >= 11 is 12.0. The summed E-state index contributed by atoms with van der Waals surface area (Å²) in [7, 11) is 0. The fraction of sp³-hybridized carbons (Fsp3) is 0.318. The Kier molecular flexibility index (Phi) is 7.95. The van der Waals surface area contributed by atoms with Crippen molar-refractivity contribution in [3.63, 3.8) is 0 Å². The topological polar surface area (TPSA) is 109 Å². The largest absolute Gasteiger partial charge is 0.416 e. The van der Waals surface area contributed by atoms with Gasteiger partial charge in [0.2, 0.25) is 5.91 Å². The number of aromatic nitrogens is 3. The molecule has 0 saturated heterocycles. The van der Waals surface area contributed by atoms with Crippen LogP contribution in [0, 0.1) is 0 Å². The van der Waals surface area contributed by atoms with Crippen molar-refractivity contribution >= 4 is 29.1 Å². The third-order valence-corrected chi connectivity index (χ3v) is 5.83. The summed E-state index contributed by atoms with van der Waals surface area (Å²) in [4.78, 5) is 25.7. The van der Waals surface area contributed by atoms with Crippen molar-refractivity contribution < 1.29 is 28.2 Å². The Morgan fingerprint density at radius 3 is 2.34 bits per heavy atom. The maximum absolute atomic E-state index is 13.0. The Bertz CT molecular complexity index is 1260. The van der Waals surface area contributed by atoms with Crippen LogP contribution in [-0.4, -0.2) is 49.4 Å². The number of amides is 1. The van der Waals surface area contributed by atoms with Gasteiger partial charge in [0.15, 0.2) is 11.9 Å².